The Kier molecular flexibility index (Phi) is 18.2. The molecule has 0 aliphatic carbocycles. The van der Waals surface area contributed by atoms with Gasteiger partial charge in [0.05, 0.1) is 32.1 Å². The van der Waals surface area contributed by atoms with Crippen molar-refractivity contribution in [1.29, 1.82) is 0 Å². The Morgan fingerprint density at radius 1 is 1.05 bits per heavy atom. The molecular weight excluding hydrogens is 827 g/mol. The van der Waals surface area contributed by atoms with Gasteiger partial charge in [0.1, 0.15) is 36.3 Å². The molecule has 0 spiro atoms. The summed E-state index contributed by atoms with van der Waals surface area (Å²) in [6.45, 7) is 2.16. The smallest absolute Gasteiger partial charge is 0.481 e. The van der Waals surface area contributed by atoms with Crippen LogP contribution in [0.15, 0.2) is 12.7 Å². The average molecular weight is 872 g/mol. The molecular formula is C25H44N7O19P3S. The molecule has 1 saturated heterocycles. The maximum absolute atomic E-state index is 12.6. The number of aliphatic hydroxyl groups excluding tert-OH is 3. The first-order valence-electron chi connectivity index (χ1n) is 15.7. The van der Waals surface area contributed by atoms with Crippen molar-refractivity contribution in [3.8, 4) is 0 Å². The zero-order chi connectivity index (χ0) is 41.9. The van der Waals surface area contributed by atoms with Gasteiger partial charge in [-0.3, -0.25) is 32.5 Å². The minimum Gasteiger partial charge on any atom is -0.481 e. The number of aromatic nitrogens is 4. The summed E-state index contributed by atoms with van der Waals surface area (Å²) in [6.07, 6.45) is -7.63. The molecule has 1 fully saturated rings. The van der Waals surface area contributed by atoms with Crippen LogP contribution in [0.5, 0.6) is 0 Å². The Morgan fingerprint density at radius 3 is 2.25 bits per heavy atom. The number of rotatable bonds is 20. The number of thiol groups is 1. The number of phosphoric acid groups is 3. The van der Waals surface area contributed by atoms with Gasteiger partial charge in [-0.25, -0.2) is 28.6 Å². The highest BCUT2D eigenvalue weighted by atomic mass is 32.1. The van der Waals surface area contributed by atoms with Crippen molar-refractivity contribution in [3.63, 3.8) is 0 Å². The van der Waals surface area contributed by atoms with Crippen LogP contribution in [-0.2, 0) is 50.7 Å². The first-order chi connectivity index (χ1) is 25.3. The number of ether oxygens (including phenoxy) is 1. The number of carboxylic acid groups (broad SMARTS) is 1. The summed E-state index contributed by atoms with van der Waals surface area (Å²) in [4.78, 5) is 84.3. The maximum atomic E-state index is 12.6. The molecule has 8 atom stereocenters. The molecule has 0 aromatic carbocycles. The zero-order valence-corrected chi connectivity index (χ0v) is 32.9. The van der Waals surface area contributed by atoms with Gasteiger partial charge in [-0.2, -0.15) is 16.9 Å². The fourth-order valence-electron chi connectivity index (χ4n) is 4.39. The summed E-state index contributed by atoms with van der Waals surface area (Å²) in [5.74, 6) is -1.91. The summed E-state index contributed by atoms with van der Waals surface area (Å²) in [5, 5.41) is 42.4. The molecule has 3 heterocycles. The third-order valence-corrected chi connectivity index (χ3v) is 10.3. The van der Waals surface area contributed by atoms with Crippen molar-refractivity contribution in [2.24, 2.45) is 5.41 Å². The SMILES string of the molecule is CC(C)(COP(=O)(O)OP(=O)(O)OC[C@H]1O[C@@H](n2cnc3c(N)ncnc32)[C@H](O)[C@@H]1OP(=O)(O)O)[C@@H](O)C(=O)NCCC(=O)NCCS.CC(O)CC(=O)O. The Morgan fingerprint density at radius 2 is 1.69 bits per heavy atom. The molecule has 12 N–H and O–H groups in total. The molecule has 30 heteroatoms. The third-order valence-electron chi connectivity index (χ3n) is 6.98. The Bertz CT molecular complexity index is 1760. The standard InChI is InChI=1S/C21H36N7O16P3S.C4H8O3/c1-21(2,16(31)19(32)24-4-3-12(29)23-5-6-48)8-41-47(38,39)44-46(36,37)40-7-11-15(43-45(33,34)35)14(30)20(42-11)28-10-27-13-17(22)25-9-26-18(13)28;1-3(5)2-4(6)7/h9-11,14-16,20,30-31,48H,3-8H2,1-2H3,(H,23,29)(H,24,32)(H,36,37)(H,38,39)(H2,22,25,26)(H2,33,34,35);3,5H,2H2,1H3,(H,6,7)/t11-,14-,15-,16+,20-;/m1./s1. The van der Waals surface area contributed by atoms with Gasteiger partial charge in [0.2, 0.25) is 11.8 Å². The van der Waals surface area contributed by atoms with Crippen molar-refractivity contribution in [2.75, 3.05) is 37.8 Å². The second kappa shape index (κ2) is 20.7. The van der Waals surface area contributed by atoms with Crippen LogP contribution in [0.25, 0.3) is 11.2 Å². The van der Waals surface area contributed by atoms with E-state index in [4.69, 9.17) is 29.7 Å². The molecule has 0 saturated carbocycles. The molecule has 3 rings (SSSR count). The number of carboxylic acids is 1. The minimum absolute atomic E-state index is 0.0363. The van der Waals surface area contributed by atoms with Crippen LogP contribution < -0.4 is 16.4 Å². The van der Waals surface area contributed by atoms with Crippen LogP contribution in [0.4, 0.5) is 5.82 Å². The quantitative estimate of drug-likeness (QED) is 0.0514. The van der Waals surface area contributed by atoms with Crippen LogP contribution in [0.1, 0.15) is 39.8 Å². The lowest BCUT2D eigenvalue weighted by Crippen LogP contribution is -2.46. The molecule has 2 aromatic heterocycles. The number of imidazole rings is 1. The van der Waals surface area contributed by atoms with E-state index in [1.165, 1.54) is 20.8 Å². The highest BCUT2D eigenvalue weighted by molar-refractivity contribution is 7.80. The number of anilines is 1. The number of nitrogen functional groups attached to an aromatic ring is 1. The number of nitrogens with one attached hydrogen (secondary N) is 2. The number of nitrogens with zero attached hydrogens (tertiary/aromatic N) is 4. The minimum atomic E-state index is -5.54. The lowest BCUT2D eigenvalue weighted by molar-refractivity contribution is -0.139. The number of hydrogen-bond donors (Lipinski definition) is 12. The topological polar surface area (TPSA) is 404 Å². The molecule has 55 heavy (non-hydrogen) atoms. The van der Waals surface area contributed by atoms with Gasteiger partial charge in [-0.1, -0.05) is 13.8 Å². The molecule has 3 unspecified atom stereocenters. The normalized spacial score (nSPS) is 22.1. The fourth-order valence-corrected chi connectivity index (χ4v) is 7.33. The second-order valence-electron chi connectivity index (χ2n) is 12.2. The molecule has 1 aliphatic heterocycles. The van der Waals surface area contributed by atoms with E-state index in [0.29, 0.717) is 12.3 Å². The number of fused-ring (bicyclic) bond motifs is 1. The first kappa shape index (κ1) is 48.5. The summed E-state index contributed by atoms with van der Waals surface area (Å²) < 4.78 is 61.7. The summed E-state index contributed by atoms with van der Waals surface area (Å²) in [7, 11) is -16.3. The van der Waals surface area contributed by atoms with E-state index in [0.717, 1.165) is 17.2 Å². The zero-order valence-electron chi connectivity index (χ0n) is 29.3. The van der Waals surface area contributed by atoms with E-state index >= 15 is 0 Å². The summed E-state index contributed by atoms with van der Waals surface area (Å²) >= 11 is 3.95. The highest BCUT2D eigenvalue weighted by Crippen LogP contribution is 2.61. The number of carbonyl (C=O) groups is 3. The maximum Gasteiger partial charge on any atom is 0.481 e. The van der Waals surface area contributed by atoms with Gasteiger partial charge in [-0.05, 0) is 6.92 Å². The van der Waals surface area contributed by atoms with E-state index in [9.17, 15) is 57.9 Å². The van der Waals surface area contributed by atoms with E-state index in [2.05, 4.69) is 47.0 Å². The molecule has 0 bridgehead atoms. The molecule has 2 amide bonds. The van der Waals surface area contributed by atoms with Crippen molar-refractivity contribution >= 4 is 70.9 Å². The van der Waals surface area contributed by atoms with Gasteiger partial charge in [0.15, 0.2) is 17.7 Å². The lowest BCUT2D eigenvalue weighted by atomic mass is 9.87. The van der Waals surface area contributed by atoms with Crippen molar-refractivity contribution in [3.05, 3.63) is 12.7 Å². The van der Waals surface area contributed by atoms with Gasteiger partial charge in [-0.15, -0.1) is 0 Å². The first-order valence-corrected chi connectivity index (χ1v) is 20.8. The van der Waals surface area contributed by atoms with Gasteiger partial charge >= 0.3 is 29.4 Å². The predicted octanol–water partition coefficient (Wildman–Crippen LogP) is -1.82. The van der Waals surface area contributed by atoms with Gasteiger partial charge in [0, 0.05) is 30.7 Å². The largest absolute Gasteiger partial charge is 0.481 e. The molecule has 0 radical (unpaired) electrons. The van der Waals surface area contributed by atoms with Crippen molar-refractivity contribution < 1.29 is 90.7 Å². The van der Waals surface area contributed by atoms with Crippen molar-refractivity contribution in [1.82, 2.24) is 30.2 Å². The van der Waals surface area contributed by atoms with Crippen LogP contribution in [0.3, 0.4) is 0 Å². The van der Waals surface area contributed by atoms with Gasteiger partial charge < -0.3 is 61.1 Å². The fraction of sp³-hybridized carbons (Fsp3) is 0.680. The summed E-state index contributed by atoms with van der Waals surface area (Å²) in [6, 6.07) is 0. The lowest BCUT2D eigenvalue weighted by Gasteiger charge is -2.30. The Hall–Kier alpha value is -2.68. The number of aliphatic hydroxyl groups is 3. The highest BCUT2D eigenvalue weighted by Gasteiger charge is 2.50. The number of nitrogens with two attached hydrogens (primary N) is 1. The number of aliphatic carboxylic acids is 1. The van der Waals surface area contributed by atoms with Gasteiger partial charge in [0.25, 0.3) is 0 Å². The van der Waals surface area contributed by atoms with Crippen LogP contribution in [-0.4, -0.2) is 140 Å². The van der Waals surface area contributed by atoms with Crippen molar-refractivity contribution in [2.45, 2.75) is 70.4 Å². The Balaban J connectivity index is 0.00000136. The molecule has 314 valence electrons. The third kappa shape index (κ3) is 16.0. The van der Waals surface area contributed by atoms with Crippen LogP contribution in [0.2, 0.25) is 0 Å². The number of phosphoric ester groups is 3. The number of amides is 2. The van der Waals surface area contributed by atoms with Crippen LogP contribution >= 0.6 is 36.1 Å². The monoisotopic (exact) mass is 871 g/mol. The number of carbonyl (C=O) groups excluding carboxylic acids is 2. The molecule has 26 nitrogen and oxygen atoms in total. The number of hydrogen-bond acceptors (Lipinski definition) is 19. The average Bonchev–Trinajstić information content (AvgIpc) is 3.61. The van der Waals surface area contributed by atoms with E-state index in [1.807, 2.05) is 0 Å². The van der Waals surface area contributed by atoms with Crippen LogP contribution in [0, 0.1) is 5.41 Å². The summed E-state index contributed by atoms with van der Waals surface area (Å²) in [5.41, 5.74) is 4.30. The van der Waals surface area contributed by atoms with E-state index in [-0.39, 0.29) is 42.3 Å². The molecule has 2 aromatic rings. The predicted molar refractivity (Wildman–Crippen MR) is 187 cm³/mol. The Labute approximate surface area is 317 Å². The second-order valence-corrected chi connectivity index (χ2v) is 16.9. The molecule has 1 aliphatic rings. The van der Waals surface area contributed by atoms with E-state index < -0.39 is 90.7 Å². The van der Waals surface area contributed by atoms with E-state index in [1.54, 1.807) is 0 Å².